The van der Waals surface area contributed by atoms with Crippen LogP contribution in [0.2, 0.25) is 0 Å². The predicted molar refractivity (Wildman–Crippen MR) is 105 cm³/mol. The van der Waals surface area contributed by atoms with Gasteiger partial charge in [-0.2, -0.15) is 0 Å². The van der Waals surface area contributed by atoms with Crippen LogP contribution in [0.5, 0.6) is 0 Å². The summed E-state index contributed by atoms with van der Waals surface area (Å²) in [4.78, 5) is 26.6. The van der Waals surface area contributed by atoms with Gasteiger partial charge in [-0.15, -0.1) is 0 Å². The number of carbonyl (C=O) groups is 1. The monoisotopic (exact) mass is 366 g/mol. The van der Waals surface area contributed by atoms with Gasteiger partial charge in [0.05, 0.1) is 13.2 Å². The summed E-state index contributed by atoms with van der Waals surface area (Å²) in [5.74, 6) is 2.11. The minimum Gasteiger partial charge on any atom is -0.378 e. The number of ether oxygens (including phenoxy) is 1. The zero-order valence-corrected chi connectivity index (χ0v) is 15.8. The molecule has 1 aromatic carbocycles. The molecular formula is C21H26N4O2. The molecule has 6 heteroatoms. The normalized spacial score (nSPS) is 18.6. The number of rotatable bonds is 3. The topological polar surface area (TPSA) is 58.6 Å². The summed E-state index contributed by atoms with van der Waals surface area (Å²) >= 11 is 0. The van der Waals surface area contributed by atoms with Crippen LogP contribution in [0.15, 0.2) is 36.4 Å². The molecule has 0 aliphatic carbocycles. The first kappa shape index (κ1) is 17.9. The van der Waals surface area contributed by atoms with Crippen molar-refractivity contribution in [3.63, 3.8) is 0 Å². The number of morpholine rings is 1. The van der Waals surface area contributed by atoms with Crippen LogP contribution >= 0.6 is 0 Å². The van der Waals surface area contributed by atoms with E-state index in [4.69, 9.17) is 9.72 Å². The Morgan fingerprint density at radius 3 is 2.44 bits per heavy atom. The fraction of sp³-hybridized carbons (Fsp3) is 0.476. The molecule has 1 amide bonds. The Hall–Kier alpha value is -2.47. The van der Waals surface area contributed by atoms with E-state index in [1.807, 2.05) is 41.3 Å². The average Bonchev–Trinajstić information content (AvgIpc) is 2.75. The molecule has 0 radical (unpaired) electrons. The molecule has 0 spiro atoms. The molecule has 0 saturated carbocycles. The molecule has 2 fully saturated rings. The maximum atomic E-state index is 13.1. The first-order valence-corrected chi connectivity index (χ1v) is 9.77. The molecular weight excluding hydrogens is 340 g/mol. The van der Waals surface area contributed by atoms with Crippen molar-refractivity contribution in [2.75, 3.05) is 44.3 Å². The third-order valence-corrected chi connectivity index (χ3v) is 5.37. The summed E-state index contributed by atoms with van der Waals surface area (Å²) in [7, 11) is 0. The first-order chi connectivity index (χ1) is 13.2. The van der Waals surface area contributed by atoms with Gasteiger partial charge in [0, 0.05) is 37.8 Å². The fourth-order valence-corrected chi connectivity index (χ4v) is 3.59. The van der Waals surface area contributed by atoms with Crippen molar-refractivity contribution >= 4 is 11.7 Å². The van der Waals surface area contributed by atoms with Crippen LogP contribution in [0.3, 0.4) is 0 Å². The van der Waals surface area contributed by atoms with E-state index in [2.05, 4.69) is 16.8 Å². The molecule has 3 heterocycles. The van der Waals surface area contributed by atoms with Crippen LogP contribution in [-0.4, -0.2) is 60.2 Å². The minimum atomic E-state index is 0.0102. The molecule has 4 rings (SSSR count). The summed E-state index contributed by atoms with van der Waals surface area (Å²) < 4.78 is 5.46. The molecule has 6 nitrogen and oxygen atoms in total. The lowest BCUT2D eigenvalue weighted by Gasteiger charge is -2.31. The Bertz CT molecular complexity index is 782. The third-order valence-electron chi connectivity index (χ3n) is 5.37. The number of benzene rings is 1. The van der Waals surface area contributed by atoms with Crippen molar-refractivity contribution in [2.24, 2.45) is 5.92 Å². The highest BCUT2D eigenvalue weighted by Crippen LogP contribution is 2.23. The Morgan fingerprint density at radius 2 is 1.74 bits per heavy atom. The zero-order valence-electron chi connectivity index (χ0n) is 15.8. The number of anilines is 1. The largest absolute Gasteiger partial charge is 0.378 e. The second-order valence-corrected chi connectivity index (χ2v) is 7.38. The van der Waals surface area contributed by atoms with Gasteiger partial charge in [-0.05, 0) is 18.8 Å². The SMILES string of the molecule is CC1CCN(C(=O)c2cc(N3CCOCC3)nc(-c3ccccc3)n2)CC1. The fourth-order valence-electron chi connectivity index (χ4n) is 3.59. The van der Waals surface area contributed by atoms with Crippen molar-refractivity contribution < 1.29 is 9.53 Å². The van der Waals surface area contributed by atoms with E-state index in [0.717, 1.165) is 50.4 Å². The molecule has 0 unspecified atom stereocenters. The van der Waals surface area contributed by atoms with Gasteiger partial charge < -0.3 is 14.5 Å². The second-order valence-electron chi connectivity index (χ2n) is 7.38. The maximum Gasteiger partial charge on any atom is 0.272 e. The lowest BCUT2D eigenvalue weighted by molar-refractivity contribution is 0.0691. The molecule has 0 bridgehead atoms. The maximum absolute atomic E-state index is 13.1. The molecule has 0 N–H and O–H groups in total. The summed E-state index contributed by atoms with van der Waals surface area (Å²) in [6, 6.07) is 11.7. The summed E-state index contributed by atoms with van der Waals surface area (Å²) in [5, 5.41) is 0. The Balaban J connectivity index is 1.68. The summed E-state index contributed by atoms with van der Waals surface area (Å²) in [5.41, 5.74) is 1.41. The van der Waals surface area contributed by atoms with Gasteiger partial charge in [-0.3, -0.25) is 4.79 Å². The van der Waals surface area contributed by atoms with Crippen LogP contribution in [0.25, 0.3) is 11.4 Å². The highest BCUT2D eigenvalue weighted by Gasteiger charge is 2.25. The summed E-state index contributed by atoms with van der Waals surface area (Å²) in [6.45, 7) is 6.77. The Kier molecular flexibility index (Phi) is 5.34. The number of hydrogen-bond acceptors (Lipinski definition) is 5. The third kappa shape index (κ3) is 4.11. The molecule has 2 aliphatic heterocycles. The zero-order chi connectivity index (χ0) is 18.6. The smallest absolute Gasteiger partial charge is 0.272 e. The summed E-state index contributed by atoms with van der Waals surface area (Å²) in [6.07, 6.45) is 2.11. The van der Waals surface area contributed by atoms with E-state index in [-0.39, 0.29) is 5.91 Å². The number of aromatic nitrogens is 2. The highest BCUT2D eigenvalue weighted by molar-refractivity contribution is 5.93. The van der Waals surface area contributed by atoms with Crippen LogP contribution in [0.1, 0.15) is 30.3 Å². The molecule has 2 aromatic rings. The average molecular weight is 366 g/mol. The quantitative estimate of drug-likeness (QED) is 0.836. The van der Waals surface area contributed by atoms with Crippen molar-refractivity contribution in [1.82, 2.24) is 14.9 Å². The van der Waals surface area contributed by atoms with Crippen LogP contribution < -0.4 is 4.90 Å². The van der Waals surface area contributed by atoms with E-state index in [1.165, 1.54) is 0 Å². The van der Waals surface area contributed by atoms with Gasteiger partial charge in [0.15, 0.2) is 5.82 Å². The van der Waals surface area contributed by atoms with Crippen molar-refractivity contribution in [3.05, 3.63) is 42.1 Å². The van der Waals surface area contributed by atoms with Crippen molar-refractivity contribution in [1.29, 1.82) is 0 Å². The first-order valence-electron chi connectivity index (χ1n) is 9.77. The van der Waals surface area contributed by atoms with Crippen molar-refractivity contribution in [2.45, 2.75) is 19.8 Å². The number of likely N-dealkylation sites (tertiary alicyclic amines) is 1. The standard InChI is InChI=1S/C21H26N4O2/c1-16-7-9-25(10-8-16)21(26)18-15-19(24-11-13-27-14-12-24)23-20(22-18)17-5-3-2-4-6-17/h2-6,15-16H,7-14H2,1H3. The van der Waals surface area contributed by atoms with Crippen molar-refractivity contribution in [3.8, 4) is 11.4 Å². The number of amides is 1. The van der Waals surface area contributed by atoms with E-state index in [0.29, 0.717) is 30.7 Å². The van der Waals surface area contributed by atoms with E-state index in [9.17, 15) is 4.79 Å². The minimum absolute atomic E-state index is 0.0102. The van der Waals surface area contributed by atoms with Gasteiger partial charge >= 0.3 is 0 Å². The van der Waals surface area contributed by atoms with Gasteiger partial charge in [0.2, 0.25) is 0 Å². The molecule has 2 saturated heterocycles. The molecule has 1 aromatic heterocycles. The van der Waals surface area contributed by atoms with Gasteiger partial charge in [0.25, 0.3) is 5.91 Å². The van der Waals surface area contributed by atoms with Crippen LogP contribution in [0, 0.1) is 5.92 Å². The van der Waals surface area contributed by atoms with E-state index in [1.54, 1.807) is 0 Å². The Labute approximate surface area is 160 Å². The molecule has 2 aliphatic rings. The second kappa shape index (κ2) is 8.05. The number of nitrogens with zero attached hydrogens (tertiary/aromatic N) is 4. The van der Waals surface area contributed by atoms with E-state index >= 15 is 0 Å². The van der Waals surface area contributed by atoms with Gasteiger partial charge in [0.1, 0.15) is 11.5 Å². The number of carbonyl (C=O) groups excluding carboxylic acids is 1. The lowest BCUT2D eigenvalue weighted by atomic mass is 9.99. The van der Waals surface area contributed by atoms with Crippen LogP contribution in [0.4, 0.5) is 5.82 Å². The molecule has 27 heavy (non-hydrogen) atoms. The number of hydrogen-bond donors (Lipinski definition) is 0. The van der Waals surface area contributed by atoms with Crippen LogP contribution in [-0.2, 0) is 4.74 Å². The molecule has 0 atom stereocenters. The Morgan fingerprint density at radius 1 is 1.04 bits per heavy atom. The number of piperidine rings is 1. The lowest BCUT2D eigenvalue weighted by Crippen LogP contribution is -2.39. The van der Waals surface area contributed by atoms with Gasteiger partial charge in [-0.1, -0.05) is 37.3 Å². The highest BCUT2D eigenvalue weighted by atomic mass is 16.5. The molecule has 142 valence electrons. The predicted octanol–water partition coefficient (Wildman–Crippen LogP) is 2.85. The van der Waals surface area contributed by atoms with Gasteiger partial charge in [-0.25, -0.2) is 9.97 Å². The van der Waals surface area contributed by atoms with E-state index < -0.39 is 0 Å².